The van der Waals surface area contributed by atoms with Gasteiger partial charge in [0.1, 0.15) is 0 Å². The lowest BCUT2D eigenvalue weighted by atomic mass is 9.95. The van der Waals surface area contributed by atoms with Crippen LogP contribution in [0.1, 0.15) is 49.9 Å². The van der Waals surface area contributed by atoms with Crippen LogP contribution >= 0.6 is 0 Å². The van der Waals surface area contributed by atoms with E-state index in [-0.39, 0.29) is 17.9 Å². The number of anilines is 1. The molecule has 2 fully saturated rings. The number of carbonyl (C=O) groups excluding carboxylic acids is 2. The van der Waals surface area contributed by atoms with Crippen molar-refractivity contribution in [3.63, 3.8) is 0 Å². The summed E-state index contributed by atoms with van der Waals surface area (Å²) in [5.41, 5.74) is 2.60. The van der Waals surface area contributed by atoms with E-state index in [1.165, 1.54) is 12.8 Å². The van der Waals surface area contributed by atoms with Gasteiger partial charge in [0.05, 0.1) is 17.6 Å². The molecule has 2 aliphatic rings. The fourth-order valence-electron chi connectivity index (χ4n) is 4.53. The number of hydrogen-bond donors (Lipinski definition) is 1. The molecule has 2 aliphatic heterocycles. The second kappa shape index (κ2) is 9.49. The SMILES string of the molecule is Cc1cc(C)n(-c2ccc(NC(=O)N3CCC(C(=O)N4CCCCCC4)CC3)cn2)n1. The van der Waals surface area contributed by atoms with Crippen LogP contribution in [0.15, 0.2) is 24.4 Å². The number of likely N-dealkylation sites (tertiary alicyclic amines) is 2. The third-order valence-corrected chi connectivity index (χ3v) is 6.27. The molecule has 0 atom stereocenters. The number of rotatable bonds is 3. The Morgan fingerprint density at radius 1 is 0.968 bits per heavy atom. The van der Waals surface area contributed by atoms with Crippen LogP contribution in [0.5, 0.6) is 0 Å². The zero-order chi connectivity index (χ0) is 21.8. The Labute approximate surface area is 183 Å². The maximum Gasteiger partial charge on any atom is 0.321 e. The van der Waals surface area contributed by atoms with Crippen molar-refractivity contribution in [1.82, 2.24) is 24.6 Å². The molecule has 166 valence electrons. The minimum atomic E-state index is -0.138. The van der Waals surface area contributed by atoms with Crippen LogP contribution in [-0.4, -0.2) is 62.7 Å². The average molecular weight is 425 g/mol. The van der Waals surface area contributed by atoms with E-state index < -0.39 is 0 Å². The first-order valence-electron chi connectivity index (χ1n) is 11.4. The standard InChI is InChI=1S/C23H32N6O2/c1-17-15-18(2)29(26-17)21-8-7-20(16-24-21)25-23(31)28-13-9-19(10-14-28)22(30)27-11-5-3-4-6-12-27/h7-8,15-16,19H,3-6,9-14H2,1-2H3,(H,25,31). The van der Waals surface area contributed by atoms with Gasteiger partial charge in [-0.1, -0.05) is 12.8 Å². The first kappa shape index (κ1) is 21.3. The summed E-state index contributed by atoms with van der Waals surface area (Å²) in [6.45, 7) is 6.92. The minimum absolute atomic E-state index is 0.0452. The van der Waals surface area contributed by atoms with E-state index in [9.17, 15) is 9.59 Å². The van der Waals surface area contributed by atoms with Gasteiger partial charge in [-0.2, -0.15) is 5.10 Å². The summed E-state index contributed by atoms with van der Waals surface area (Å²) in [5.74, 6) is 1.05. The van der Waals surface area contributed by atoms with Crippen LogP contribution in [0, 0.1) is 19.8 Å². The number of aromatic nitrogens is 3. The number of urea groups is 1. The molecule has 3 amide bonds. The Morgan fingerprint density at radius 3 is 2.26 bits per heavy atom. The molecule has 4 heterocycles. The van der Waals surface area contributed by atoms with Crippen molar-refractivity contribution in [1.29, 1.82) is 0 Å². The van der Waals surface area contributed by atoms with Crippen molar-refractivity contribution < 1.29 is 9.59 Å². The van der Waals surface area contributed by atoms with Gasteiger partial charge < -0.3 is 15.1 Å². The molecule has 0 aromatic carbocycles. The van der Waals surface area contributed by atoms with Crippen molar-refractivity contribution in [2.45, 2.75) is 52.4 Å². The Kier molecular flexibility index (Phi) is 6.53. The monoisotopic (exact) mass is 424 g/mol. The van der Waals surface area contributed by atoms with Crippen LogP contribution in [0.2, 0.25) is 0 Å². The van der Waals surface area contributed by atoms with Gasteiger partial charge in [-0.3, -0.25) is 4.79 Å². The maximum absolute atomic E-state index is 12.8. The quantitative estimate of drug-likeness (QED) is 0.817. The number of hydrogen-bond acceptors (Lipinski definition) is 4. The third kappa shape index (κ3) is 5.06. The Bertz CT molecular complexity index is 907. The van der Waals surface area contributed by atoms with Gasteiger partial charge >= 0.3 is 6.03 Å². The van der Waals surface area contributed by atoms with Gasteiger partial charge in [0.2, 0.25) is 5.91 Å². The van der Waals surface area contributed by atoms with Gasteiger partial charge in [0.15, 0.2) is 5.82 Å². The lowest BCUT2D eigenvalue weighted by Crippen LogP contribution is -2.45. The molecule has 8 heteroatoms. The fraction of sp³-hybridized carbons (Fsp3) is 0.565. The number of carbonyl (C=O) groups is 2. The molecular formula is C23H32N6O2. The van der Waals surface area contributed by atoms with Gasteiger partial charge in [-0.05, 0) is 57.7 Å². The highest BCUT2D eigenvalue weighted by Crippen LogP contribution is 2.22. The van der Waals surface area contributed by atoms with E-state index in [1.54, 1.807) is 15.8 Å². The second-order valence-corrected chi connectivity index (χ2v) is 8.67. The average Bonchev–Trinajstić information content (AvgIpc) is 2.97. The van der Waals surface area contributed by atoms with Gasteiger partial charge in [0.25, 0.3) is 0 Å². The minimum Gasteiger partial charge on any atom is -0.342 e. The molecule has 4 rings (SSSR count). The largest absolute Gasteiger partial charge is 0.342 e. The summed E-state index contributed by atoms with van der Waals surface area (Å²) in [6, 6.07) is 5.55. The predicted molar refractivity (Wildman–Crippen MR) is 119 cm³/mol. The second-order valence-electron chi connectivity index (χ2n) is 8.67. The van der Waals surface area contributed by atoms with Gasteiger partial charge in [-0.15, -0.1) is 0 Å². The molecule has 8 nitrogen and oxygen atoms in total. The van der Waals surface area contributed by atoms with E-state index in [0.29, 0.717) is 18.8 Å². The first-order chi connectivity index (χ1) is 15.0. The lowest BCUT2D eigenvalue weighted by Gasteiger charge is -2.34. The number of nitrogens with zero attached hydrogens (tertiary/aromatic N) is 5. The Balaban J connectivity index is 1.29. The zero-order valence-electron chi connectivity index (χ0n) is 18.5. The predicted octanol–water partition coefficient (Wildman–Crippen LogP) is 3.53. The Hall–Kier alpha value is -2.90. The van der Waals surface area contributed by atoms with Gasteiger partial charge in [0, 0.05) is 37.8 Å². The van der Waals surface area contributed by atoms with Crippen molar-refractivity contribution in [3.8, 4) is 5.82 Å². The van der Waals surface area contributed by atoms with Crippen LogP contribution in [0.3, 0.4) is 0 Å². The van der Waals surface area contributed by atoms with E-state index in [1.807, 2.05) is 36.9 Å². The molecule has 2 saturated heterocycles. The van der Waals surface area contributed by atoms with Crippen molar-refractivity contribution in [3.05, 3.63) is 35.8 Å². The number of nitrogens with one attached hydrogen (secondary N) is 1. The Morgan fingerprint density at radius 2 is 1.68 bits per heavy atom. The topological polar surface area (TPSA) is 83.4 Å². The summed E-state index contributed by atoms with van der Waals surface area (Å²) < 4.78 is 1.78. The third-order valence-electron chi connectivity index (χ3n) is 6.27. The van der Waals surface area contributed by atoms with E-state index in [4.69, 9.17) is 0 Å². The molecule has 0 aliphatic carbocycles. The van der Waals surface area contributed by atoms with Crippen LogP contribution < -0.4 is 5.32 Å². The molecule has 31 heavy (non-hydrogen) atoms. The normalized spacial score (nSPS) is 18.0. The number of aryl methyl sites for hydroxylation is 2. The summed E-state index contributed by atoms with van der Waals surface area (Å²) >= 11 is 0. The van der Waals surface area contributed by atoms with E-state index >= 15 is 0 Å². The summed E-state index contributed by atoms with van der Waals surface area (Å²) in [5, 5.41) is 7.36. The molecule has 2 aromatic rings. The van der Waals surface area contributed by atoms with Crippen LogP contribution in [0.25, 0.3) is 5.82 Å². The lowest BCUT2D eigenvalue weighted by molar-refractivity contribution is -0.136. The molecular weight excluding hydrogens is 392 g/mol. The molecule has 0 spiro atoms. The highest BCUT2D eigenvalue weighted by atomic mass is 16.2. The number of pyridine rings is 1. The highest BCUT2D eigenvalue weighted by molar-refractivity contribution is 5.89. The van der Waals surface area contributed by atoms with Crippen molar-refractivity contribution >= 4 is 17.6 Å². The maximum atomic E-state index is 12.8. The number of piperidine rings is 1. The van der Waals surface area contributed by atoms with Crippen LogP contribution in [0.4, 0.5) is 10.5 Å². The molecule has 0 unspecified atom stereocenters. The highest BCUT2D eigenvalue weighted by Gasteiger charge is 2.30. The van der Waals surface area contributed by atoms with E-state index in [2.05, 4.69) is 15.4 Å². The zero-order valence-corrected chi connectivity index (χ0v) is 18.5. The summed E-state index contributed by atoms with van der Waals surface area (Å²) in [6.07, 6.45) is 7.78. The van der Waals surface area contributed by atoms with E-state index in [0.717, 1.165) is 56.0 Å². The van der Waals surface area contributed by atoms with Gasteiger partial charge in [-0.25, -0.2) is 14.5 Å². The molecule has 0 bridgehead atoms. The summed E-state index contributed by atoms with van der Waals surface area (Å²) in [7, 11) is 0. The number of amides is 3. The van der Waals surface area contributed by atoms with Crippen molar-refractivity contribution in [2.75, 3.05) is 31.5 Å². The summed E-state index contributed by atoms with van der Waals surface area (Å²) in [4.78, 5) is 33.8. The van der Waals surface area contributed by atoms with Crippen LogP contribution in [-0.2, 0) is 4.79 Å². The van der Waals surface area contributed by atoms with Crippen molar-refractivity contribution in [2.24, 2.45) is 5.92 Å². The molecule has 1 N–H and O–H groups in total. The first-order valence-corrected chi connectivity index (χ1v) is 11.4. The molecule has 0 saturated carbocycles. The molecule has 0 radical (unpaired) electrons. The molecule has 2 aromatic heterocycles. The smallest absolute Gasteiger partial charge is 0.321 e. The fourth-order valence-corrected chi connectivity index (χ4v) is 4.53.